The molecule has 9 nitrogen and oxygen atoms in total. The molecule has 2 N–H and O–H groups in total. The number of rotatable bonds is 8. The van der Waals surface area contributed by atoms with E-state index in [1.54, 1.807) is 0 Å². The largest absolute Gasteiger partial charge is 0.424 e. The summed E-state index contributed by atoms with van der Waals surface area (Å²) < 4.78 is 13.4. The zero-order chi connectivity index (χ0) is 29.5. The minimum Gasteiger partial charge on any atom is -0.424 e. The molecule has 0 fully saturated rings. The summed E-state index contributed by atoms with van der Waals surface area (Å²) in [6.45, 7) is 13.3. The summed E-state index contributed by atoms with van der Waals surface area (Å²) >= 11 is 3.69. The van der Waals surface area contributed by atoms with E-state index in [1.807, 2.05) is 65.6 Å². The molecule has 0 spiro atoms. The number of fused-ring (bicyclic) bond motifs is 2. The second-order valence-electron chi connectivity index (χ2n) is 11.4. The van der Waals surface area contributed by atoms with Crippen LogP contribution in [0.4, 0.5) is 4.79 Å². The summed E-state index contributed by atoms with van der Waals surface area (Å²) in [5.74, 6) is -1.09. The van der Waals surface area contributed by atoms with E-state index >= 15 is 0 Å². The summed E-state index contributed by atoms with van der Waals surface area (Å²) in [6, 6.07) is 5.11. The monoisotopic (exact) mass is 616 g/mol. The molecule has 1 aliphatic carbocycles. The maximum atomic E-state index is 13.6. The van der Waals surface area contributed by atoms with Crippen molar-refractivity contribution < 1.29 is 23.9 Å². The van der Waals surface area contributed by atoms with Gasteiger partial charge in [-0.1, -0.05) is 45.9 Å². The van der Waals surface area contributed by atoms with Crippen molar-refractivity contribution in [2.24, 2.45) is 23.5 Å². The van der Waals surface area contributed by atoms with Crippen molar-refractivity contribution in [1.82, 2.24) is 14.4 Å². The van der Waals surface area contributed by atoms with Gasteiger partial charge in [-0.15, -0.1) is 0 Å². The molecule has 2 heterocycles. The highest BCUT2D eigenvalue weighted by Crippen LogP contribution is 2.45. The van der Waals surface area contributed by atoms with Crippen LogP contribution in [0.2, 0.25) is 0 Å². The summed E-state index contributed by atoms with van der Waals surface area (Å²) in [7, 11) is 2.05. The highest BCUT2D eigenvalue weighted by Gasteiger charge is 2.39. The Bertz CT molecular complexity index is 1330. The van der Waals surface area contributed by atoms with E-state index in [0.717, 1.165) is 22.1 Å². The lowest BCUT2D eigenvalue weighted by Gasteiger charge is -2.40. The molecule has 2 aliphatic rings. The summed E-state index contributed by atoms with van der Waals surface area (Å²) in [5.41, 5.74) is 9.77. The molecule has 2 aromatic rings. The van der Waals surface area contributed by atoms with E-state index in [9.17, 15) is 14.4 Å². The fraction of sp³-hybridized carbons (Fsp3) is 0.567. The normalized spacial score (nSPS) is 20.2. The standard InChI is InChI=1S/C30H41BrN4O5/c1-8-34(9-2)27(36)18-13-20-19-11-10-12-22-24(19)21(14-23(20)33(7)15-18)26(31)35(22)30(38)40-29(17(5)6)39-28(37)25(32)16(3)4/h10-13,16-18,23,25,29H,8-9,14-15,32H2,1-7H3/t18-,23-,25+,29?/m1/s1. The number of nitrogens with zero attached hydrogens (tertiary/aromatic N) is 3. The number of carbonyl (C=O) groups is 3. The van der Waals surface area contributed by atoms with E-state index in [4.69, 9.17) is 15.2 Å². The van der Waals surface area contributed by atoms with Crippen molar-refractivity contribution in [1.29, 1.82) is 0 Å². The van der Waals surface area contributed by atoms with Crippen LogP contribution in [0.15, 0.2) is 28.9 Å². The van der Waals surface area contributed by atoms with Crippen LogP contribution in [0.3, 0.4) is 0 Å². The summed E-state index contributed by atoms with van der Waals surface area (Å²) in [6.07, 6.45) is 1.06. The Morgan fingerprint density at radius 1 is 1.10 bits per heavy atom. The molecule has 0 saturated heterocycles. The Morgan fingerprint density at radius 3 is 2.38 bits per heavy atom. The lowest BCUT2D eigenvalue weighted by Crippen LogP contribution is -2.47. The average molecular weight is 618 g/mol. The molecule has 1 aliphatic heterocycles. The van der Waals surface area contributed by atoms with E-state index in [-0.39, 0.29) is 29.7 Å². The minimum absolute atomic E-state index is 0.0731. The Kier molecular flexibility index (Phi) is 9.11. The minimum atomic E-state index is -1.09. The van der Waals surface area contributed by atoms with Crippen LogP contribution in [-0.4, -0.2) is 77.4 Å². The van der Waals surface area contributed by atoms with Gasteiger partial charge in [-0.05, 0) is 71.9 Å². The van der Waals surface area contributed by atoms with Crippen LogP contribution in [0.5, 0.6) is 0 Å². The Morgan fingerprint density at radius 2 is 1.77 bits per heavy atom. The van der Waals surface area contributed by atoms with Crippen LogP contribution in [-0.2, 0) is 25.5 Å². The van der Waals surface area contributed by atoms with E-state index in [2.05, 4.69) is 33.0 Å². The quantitative estimate of drug-likeness (QED) is 0.340. The van der Waals surface area contributed by atoms with Gasteiger partial charge in [-0.25, -0.2) is 9.36 Å². The molecular weight excluding hydrogens is 576 g/mol. The first-order valence-corrected chi connectivity index (χ1v) is 14.9. The Hall–Kier alpha value is -2.69. The molecule has 0 saturated carbocycles. The zero-order valence-corrected chi connectivity index (χ0v) is 26.0. The number of hydrogen-bond acceptors (Lipinski definition) is 7. The molecule has 4 atom stereocenters. The zero-order valence-electron chi connectivity index (χ0n) is 24.4. The van der Waals surface area contributed by atoms with Gasteiger partial charge in [0.1, 0.15) is 6.04 Å². The molecular formula is C30H41BrN4O5. The average Bonchev–Trinajstić information content (AvgIpc) is 3.20. The van der Waals surface area contributed by atoms with Crippen LogP contribution in [0.1, 0.15) is 52.7 Å². The van der Waals surface area contributed by atoms with E-state index < -0.39 is 24.4 Å². The molecule has 40 heavy (non-hydrogen) atoms. The van der Waals surface area contributed by atoms with Gasteiger partial charge >= 0.3 is 12.1 Å². The fourth-order valence-electron chi connectivity index (χ4n) is 5.61. The number of nitrogens with two attached hydrogens (primary N) is 1. The van der Waals surface area contributed by atoms with Crippen molar-refractivity contribution in [2.45, 2.75) is 66.3 Å². The van der Waals surface area contributed by atoms with Gasteiger partial charge < -0.3 is 20.1 Å². The smallest absolute Gasteiger partial charge is 0.422 e. The summed E-state index contributed by atoms with van der Waals surface area (Å²) in [5, 5.41) is 0.957. The van der Waals surface area contributed by atoms with Crippen molar-refractivity contribution in [3.05, 3.63) is 40.0 Å². The van der Waals surface area contributed by atoms with Crippen LogP contribution in [0, 0.1) is 17.8 Å². The maximum absolute atomic E-state index is 13.6. The van der Waals surface area contributed by atoms with Crippen molar-refractivity contribution in [3.63, 3.8) is 0 Å². The lowest BCUT2D eigenvalue weighted by atomic mass is 9.79. The molecule has 1 amide bonds. The first kappa shape index (κ1) is 30.3. The molecule has 218 valence electrons. The molecule has 1 unspecified atom stereocenters. The third-order valence-electron chi connectivity index (χ3n) is 8.05. The van der Waals surface area contributed by atoms with Gasteiger partial charge in [-0.3, -0.25) is 14.5 Å². The highest BCUT2D eigenvalue weighted by molar-refractivity contribution is 9.10. The Labute approximate surface area is 244 Å². The predicted octanol–water partition coefficient (Wildman–Crippen LogP) is 4.64. The molecule has 1 aromatic carbocycles. The third kappa shape index (κ3) is 5.45. The van der Waals surface area contributed by atoms with Gasteiger partial charge in [0.15, 0.2) is 0 Å². The number of likely N-dealkylation sites (N-methyl/N-ethyl adjacent to an activating group) is 1. The van der Waals surface area contributed by atoms with Crippen LogP contribution in [0.25, 0.3) is 16.5 Å². The number of carbonyl (C=O) groups excluding carboxylic acids is 3. The maximum Gasteiger partial charge on any atom is 0.422 e. The first-order valence-electron chi connectivity index (χ1n) is 14.1. The molecule has 0 radical (unpaired) electrons. The number of ether oxygens (including phenoxy) is 2. The van der Waals surface area contributed by atoms with Crippen molar-refractivity contribution >= 4 is 50.4 Å². The van der Waals surface area contributed by atoms with Crippen LogP contribution < -0.4 is 5.73 Å². The van der Waals surface area contributed by atoms with Gasteiger partial charge in [0.2, 0.25) is 5.91 Å². The van der Waals surface area contributed by atoms with Gasteiger partial charge in [0.25, 0.3) is 6.29 Å². The van der Waals surface area contributed by atoms with Crippen LogP contribution >= 0.6 is 15.9 Å². The molecule has 0 bridgehead atoms. The van der Waals surface area contributed by atoms with Gasteiger partial charge in [0, 0.05) is 37.0 Å². The second-order valence-corrected chi connectivity index (χ2v) is 12.2. The highest BCUT2D eigenvalue weighted by atomic mass is 79.9. The van der Waals surface area contributed by atoms with Gasteiger partial charge in [-0.2, -0.15) is 0 Å². The molecule has 10 heteroatoms. The van der Waals surface area contributed by atoms with Gasteiger partial charge in [0.05, 0.1) is 16.0 Å². The number of aromatic nitrogens is 1. The second kappa shape index (κ2) is 12.0. The SMILES string of the molecule is CCN(CC)C(=O)[C@@H]1C=C2c3cccc4c3c(c(Br)n4C(=O)OC(OC(=O)[C@@H](N)C(C)C)C(C)C)C[C@H]2N(C)C1. The number of amides is 1. The van der Waals surface area contributed by atoms with Crippen molar-refractivity contribution in [3.8, 4) is 0 Å². The topological polar surface area (TPSA) is 107 Å². The first-order chi connectivity index (χ1) is 18.9. The van der Waals surface area contributed by atoms with E-state index in [1.165, 1.54) is 4.57 Å². The number of benzene rings is 1. The molecule has 1 aromatic heterocycles. The molecule has 4 rings (SSSR count). The fourth-order valence-corrected chi connectivity index (χ4v) is 6.31. The Balaban J connectivity index is 1.71. The van der Waals surface area contributed by atoms with E-state index in [0.29, 0.717) is 36.2 Å². The van der Waals surface area contributed by atoms with Crippen molar-refractivity contribution in [2.75, 3.05) is 26.7 Å². The lowest BCUT2D eigenvalue weighted by molar-refractivity contribution is -0.177. The number of esters is 1. The summed E-state index contributed by atoms with van der Waals surface area (Å²) in [4.78, 5) is 43.5. The number of halogens is 1. The predicted molar refractivity (Wildman–Crippen MR) is 159 cm³/mol. The number of hydrogen-bond donors (Lipinski definition) is 1. The third-order valence-corrected chi connectivity index (χ3v) is 8.89.